The first-order valence-electron chi connectivity index (χ1n) is 4.99. The molecule has 6 heteroatoms. The first kappa shape index (κ1) is 13.1. The fourth-order valence-electron chi connectivity index (χ4n) is 1.20. The summed E-state index contributed by atoms with van der Waals surface area (Å²) < 4.78 is 4.56. The van der Waals surface area contributed by atoms with E-state index in [-0.39, 0.29) is 17.9 Å². The number of hydrogen-bond acceptors (Lipinski definition) is 6. The molecule has 1 aromatic rings. The molecule has 0 aliphatic carbocycles. The van der Waals surface area contributed by atoms with E-state index in [4.69, 9.17) is 5.26 Å². The fourth-order valence-corrected chi connectivity index (χ4v) is 1.20. The van der Waals surface area contributed by atoms with E-state index < -0.39 is 18.2 Å². The maximum atomic E-state index is 11.2. The Kier molecular flexibility index (Phi) is 4.57. The number of rotatable bonds is 4. The molecular formula is C11H12N2O4. The predicted octanol–water partition coefficient (Wildman–Crippen LogP) is -0.0893. The lowest BCUT2D eigenvalue weighted by Gasteiger charge is -2.15. The van der Waals surface area contributed by atoms with Crippen LogP contribution in [0, 0.1) is 11.3 Å². The minimum atomic E-state index is -1.71. The Bertz CT molecular complexity index is 441. The lowest BCUT2D eigenvalue weighted by atomic mass is 10.1. The average Bonchev–Trinajstić information content (AvgIpc) is 2.37. The number of nitriles is 1. The van der Waals surface area contributed by atoms with Gasteiger partial charge in [0.05, 0.1) is 23.9 Å². The fraction of sp³-hybridized carbons (Fsp3) is 0.364. The van der Waals surface area contributed by atoms with Crippen LogP contribution in [0.25, 0.3) is 0 Å². The summed E-state index contributed by atoms with van der Waals surface area (Å²) in [4.78, 5) is 15.0. The largest absolute Gasteiger partial charge is 0.464 e. The molecule has 2 atom stereocenters. The van der Waals surface area contributed by atoms with Gasteiger partial charge in [0.1, 0.15) is 6.10 Å². The quantitative estimate of drug-likeness (QED) is 0.708. The summed E-state index contributed by atoms with van der Waals surface area (Å²) in [5, 5.41) is 27.8. The summed E-state index contributed by atoms with van der Waals surface area (Å²) in [6, 6.07) is 4.62. The molecule has 90 valence electrons. The molecular weight excluding hydrogens is 224 g/mol. The van der Waals surface area contributed by atoms with Crippen molar-refractivity contribution in [3.05, 3.63) is 29.6 Å². The van der Waals surface area contributed by atoms with Gasteiger partial charge in [-0.15, -0.1) is 0 Å². The van der Waals surface area contributed by atoms with Crippen molar-refractivity contribution in [3.63, 3.8) is 0 Å². The van der Waals surface area contributed by atoms with Crippen molar-refractivity contribution in [1.29, 1.82) is 5.26 Å². The standard InChI is InChI=1S/C11H12N2O4/c1-2-17-11(16)10(15)9(14)8-5-7(6-12)3-4-13-8/h3-5,9-10,14-15H,2H2,1H3. The average molecular weight is 236 g/mol. The first-order valence-corrected chi connectivity index (χ1v) is 4.99. The van der Waals surface area contributed by atoms with Crippen molar-refractivity contribution >= 4 is 5.97 Å². The van der Waals surface area contributed by atoms with Gasteiger partial charge in [-0.05, 0) is 19.1 Å². The Morgan fingerprint density at radius 1 is 1.65 bits per heavy atom. The van der Waals surface area contributed by atoms with Gasteiger partial charge in [0.15, 0.2) is 6.10 Å². The van der Waals surface area contributed by atoms with Crippen LogP contribution in [0.3, 0.4) is 0 Å². The zero-order valence-electron chi connectivity index (χ0n) is 9.20. The topological polar surface area (TPSA) is 103 Å². The summed E-state index contributed by atoms with van der Waals surface area (Å²) >= 11 is 0. The van der Waals surface area contributed by atoms with Gasteiger partial charge < -0.3 is 14.9 Å². The summed E-state index contributed by atoms with van der Waals surface area (Å²) in [6.45, 7) is 1.69. The monoisotopic (exact) mass is 236 g/mol. The van der Waals surface area contributed by atoms with Gasteiger partial charge in [0.2, 0.25) is 0 Å². The highest BCUT2D eigenvalue weighted by Crippen LogP contribution is 2.16. The van der Waals surface area contributed by atoms with Gasteiger partial charge >= 0.3 is 5.97 Å². The molecule has 2 N–H and O–H groups in total. The maximum absolute atomic E-state index is 11.2. The Balaban J connectivity index is 2.85. The molecule has 0 aliphatic rings. The molecule has 17 heavy (non-hydrogen) atoms. The molecule has 0 aliphatic heterocycles. The van der Waals surface area contributed by atoms with Crippen molar-refractivity contribution in [2.75, 3.05) is 6.61 Å². The molecule has 1 heterocycles. The highest BCUT2D eigenvalue weighted by molar-refractivity contribution is 5.75. The molecule has 0 saturated heterocycles. The van der Waals surface area contributed by atoms with Crippen LogP contribution in [-0.4, -0.2) is 33.9 Å². The third-order valence-electron chi connectivity index (χ3n) is 2.04. The molecule has 6 nitrogen and oxygen atoms in total. The first-order chi connectivity index (χ1) is 8.10. The number of carbonyl (C=O) groups excluding carboxylic acids is 1. The van der Waals surface area contributed by atoms with Crippen LogP contribution in [0.1, 0.15) is 24.3 Å². The van der Waals surface area contributed by atoms with Crippen molar-refractivity contribution in [3.8, 4) is 6.07 Å². The number of hydrogen-bond donors (Lipinski definition) is 2. The van der Waals surface area contributed by atoms with Crippen LogP contribution in [0.2, 0.25) is 0 Å². The second-order valence-electron chi connectivity index (χ2n) is 3.22. The van der Waals surface area contributed by atoms with Gasteiger partial charge in [-0.3, -0.25) is 4.98 Å². The molecule has 0 aromatic carbocycles. The number of pyridine rings is 1. The van der Waals surface area contributed by atoms with Crippen LogP contribution in [0.4, 0.5) is 0 Å². The summed E-state index contributed by atoms with van der Waals surface area (Å²) in [7, 11) is 0. The molecule has 0 fully saturated rings. The van der Waals surface area contributed by atoms with Gasteiger partial charge in [-0.1, -0.05) is 0 Å². The molecule has 1 rings (SSSR count). The lowest BCUT2D eigenvalue weighted by Crippen LogP contribution is -2.30. The van der Waals surface area contributed by atoms with Crippen LogP contribution >= 0.6 is 0 Å². The minimum absolute atomic E-state index is 0.0459. The molecule has 0 spiro atoms. The van der Waals surface area contributed by atoms with Gasteiger partial charge in [-0.2, -0.15) is 5.26 Å². The van der Waals surface area contributed by atoms with E-state index in [9.17, 15) is 15.0 Å². The van der Waals surface area contributed by atoms with Gasteiger partial charge in [0.25, 0.3) is 0 Å². The predicted molar refractivity (Wildman–Crippen MR) is 56.6 cm³/mol. The normalized spacial score (nSPS) is 13.5. The van der Waals surface area contributed by atoms with E-state index in [1.165, 1.54) is 18.3 Å². The Morgan fingerprint density at radius 3 is 2.94 bits per heavy atom. The van der Waals surface area contributed by atoms with Gasteiger partial charge in [-0.25, -0.2) is 4.79 Å². The third-order valence-corrected chi connectivity index (χ3v) is 2.04. The molecule has 2 unspecified atom stereocenters. The number of esters is 1. The maximum Gasteiger partial charge on any atom is 0.338 e. The van der Waals surface area contributed by atoms with E-state index in [0.717, 1.165) is 0 Å². The van der Waals surface area contributed by atoms with Crippen molar-refractivity contribution < 1.29 is 19.7 Å². The SMILES string of the molecule is CCOC(=O)C(O)C(O)c1cc(C#N)ccn1. The van der Waals surface area contributed by atoms with Crippen molar-refractivity contribution in [1.82, 2.24) is 4.98 Å². The van der Waals surface area contributed by atoms with Crippen molar-refractivity contribution in [2.45, 2.75) is 19.1 Å². The van der Waals surface area contributed by atoms with E-state index in [2.05, 4.69) is 9.72 Å². The number of carbonyl (C=O) groups is 1. The molecule has 0 saturated carbocycles. The van der Waals surface area contributed by atoms with Crippen LogP contribution in [-0.2, 0) is 9.53 Å². The number of ether oxygens (including phenoxy) is 1. The van der Waals surface area contributed by atoms with E-state index >= 15 is 0 Å². The highest BCUT2D eigenvalue weighted by Gasteiger charge is 2.27. The lowest BCUT2D eigenvalue weighted by molar-refractivity contribution is -0.159. The van der Waals surface area contributed by atoms with E-state index in [0.29, 0.717) is 0 Å². The molecule has 0 radical (unpaired) electrons. The zero-order valence-corrected chi connectivity index (χ0v) is 9.20. The second-order valence-corrected chi connectivity index (χ2v) is 3.22. The molecule has 1 aromatic heterocycles. The van der Waals surface area contributed by atoms with Crippen LogP contribution in [0.15, 0.2) is 18.3 Å². The summed E-state index contributed by atoms with van der Waals surface area (Å²) in [5.74, 6) is -0.927. The van der Waals surface area contributed by atoms with E-state index in [1.54, 1.807) is 6.92 Å². The Labute approximate surface area is 98.1 Å². The number of aliphatic hydroxyl groups is 2. The molecule has 0 amide bonds. The van der Waals surface area contributed by atoms with E-state index in [1.807, 2.05) is 6.07 Å². The Morgan fingerprint density at radius 2 is 2.35 bits per heavy atom. The van der Waals surface area contributed by atoms with Crippen LogP contribution < -0.4 is 0 Å². The second kappa shape index (κ2) is 5.94. The molecule has 0 bridgehead atoms. The summed E-state index contributed by atoms with van der Waals surface area (Å²) in [6.07, 6.45) is -1.91. The third kappa shape index (κ3) is 3.24. The van der Waals surface area contributed by atoms with Gasteiger partial charge in [0, 0.05) is 6.20 Å². The van der Waals surface area contributed by atoms with Crippen molar-refractivity contribution in [2.24, 2.45) is 0 Å². The Hall–Kier alpha value is -1.97. The smallest absolute Gasteiger partial charge is 0.338 e. The minimum Gasteiger partial charge on any atom is -0.464 e. The summed E-state index contributed by atoms with van der Waals surface area (Å²) in [5.41, 5.74) is 0.328. The zero-order chi connectivity index (χ0) is 12.8. The van der Waals surface area contributed by atoms with Crippen LogP contribution in [0.5, 0.6) is 0 Å². The number of aliphatic hydroxyl groups excluding tert-OH is 2. The highest BCUT2D eigenvalue weighted by atomic mass is 16.5. The number of nitrogens with zero attached hydrogens (tertiary/aromatic N) is 2. The number of aromatic nitrogens is 1.